The number of rotatable bonds is 3. The maximum atomic E-state index is 4.07. The quantitative estimate of drug-likeness (QED) is 0.691. The second-order valence-electron chi connectivity index (χ2n) is 2.75. The molecular weight excluding hydrogens is 150 g/mol. The number of hydrogen-bond donors (Lipinski definition) is 1. The Hall–Kier alpha value is -1.38. The van der Waals surface area contributed by atoms with E-state index in [1.165, 1.54) is 5.57 Å². The van der Waals surface area contributed by atoms with Gasteiger partial charge in [0, 0.05) is 18.9 Å². The minimum Gasteiger partial charge on any atom is -0.365 e. The van der Waals surface area contributed by atoms with Crippen molar-refractivity contribution in [3.05, 3.63) is 30.2 Å². The van der Waals surface area contributed by atoms with Gasteiger partial charge in [-0.1, -0.05) is 11.6 Å². The molecule has 0 bridgehead atoms. The molecule has 0 unspecified atom stereocenters. The van der Waals surface area contributed by atoms with E-state index in [9.17, 15) is 0 Å². The summed E-state index contributed by atoms with van der Waals surface area (Å²) in [4.78, 5) is 8.01. The van der Waals surface area contributed by atoms with Crippen molar-refractivity contribution < 1.29 is 0 Å². The molecule has 0 aliphatic heterocycles. The van der Waals surface area contributed by atoms with E-state index in [2.05, 4.69) is 35.2 Å². The summed E-state index contributed by atoms with van der Waals surface area (Å²) >= 11 is 0. The first-order valence-electron chi connectivity index (χ1n) is 3.92. The molecule has 1 heterocycles. The normalized spacial score (nSPS) is 9.17. The summed E-state index contributed by atoms with van der Waals surface area (Å²) in [5, 5.41) is 3.13. The molecule has 1 aromatic rings. The van der Waals surface area contributed by atoms with E-state index in [-0.39, 0.29) is 0 Å². The van der Waals surface area contributed by atoms with Gasteiger partial charge in [0.1, 0.15) is 5.82 Å². The van der Waals surface area contributed by atoms with Crippen LogP contribution in [0.5, 0.6) is 0 Å². The van der Waals surface area contributed by atoms with E-state index in [1.807, 2.05) is 0 Å². The summed E-state index contributed by atoms with van der Waals surface area (Å²) < 4.78 is 0. The Morgan fingerprint density at radius 3 is 2.92 bits per heavy atom. The van der Waals surface area contributed by atoms with Gasteiger partial charge < -0.3 is 5.32 Å². The van der Waals surface area contributed by atoms with Gasteiger partial charge in [-0.3, -0.25) is 4.98 Å². The van der Waals surface area contributed by atoms with Crippen LogP contribution >= 0.6 is 0 Å². The standard InChI is InChI=1S/C9H13N3/c1-8(2)3-4-11-9-7-10-5-6-12-9/h3,5-7H,4H2,1-2H3,(H,11,12). The Balaban J connectivity index is 2.39. The number of aromatic nitrogens is 2. The summed E-state index contributed by atoms with van der Waals surface area (Å²) in [5.41, 5.74) is 1.30. The Morgan fingerprint density at radius 1 is 1.50 bits per heavy atom. The van der Waals surface area contributed by atoms with Crippen LogP contribution in [0.4, 0.5) is 5.82 Å². The van der Waals surface area contributed by atoms with E-state index >= 15 is 0 Å². The Kier molecular flexibility index (Phi) is 3.26. The molecule has 0 saturated heterocycles. The molecule has 0 aliphatic rings. The second-order valence-corrected chi connectivity index (χ2v) is 2.75. The predicted octanol–water partition coefficient (Wildman–Crippen LogP) is 1.85. The molecule has 0 aliphatic carbocycles. The first-order chi connectivity index (χ1) is 5.79. The van der Waals surface area contributed by atoms with Gasteiger partial charge in [0.05, 0.1) is 6.20 Å². The van der Waals surface area contributed by atoms with Gasteiger partial charge in [0.25, 0.3) is 0 Å². The molecule has 0 amide bonds. The van der Waals surface area contributed by atoms with Crippen molar-refractivity contribution in [1.82, 2.24) is 9.97 Å². The molecule has 3 heteroatoms. The molecule has 12 heavy (non-hydrogen) atoms. The monoisotopic (exact) mass is 163 g/mol. The molecule has 0 aromatic carbocycles. The third-order valence-corrected chi connectivity index (χ3v) is 1.36. The van der Waals surface area contributed by atoms with Crippen LogP contribution in [0.1, 0.15) is 13.8 Å². The van der Waals surface area contributed by atoms with Crippen molar-refractivity contribution in [1.29, 1.82) is 0 Å². The van der Waals surface area contributed by atoms with Gasteiger partial charge in [-0.05, 0) is 13.8 Å². The highest BCUT2D eigenvalue weighted by Crippen LogP contribution is 1.96. The fourth-order valence-electron chi connectivity index (χ4n) is 0.750. The molecule has 3 nitrogen and oxygen atoms in total. The molecule has 0 spiro atoms. The van der Waals surface area contributed by atoms with Crippen molar-refractivity contribution in [3.8, 4) is 0 Å². The average Bonchev–Trinajstić information content (AvgIpc) is 2.05. The Labute approximate surface area is 72.6 Å². The fourth-order valence-corrected chi connectivity index (χ4v) is 0.750. The minimum absolute atomic E-state index is 0.807. The van der Waals surface area contributed by atoms with Gasteiger partial charge in [-0.25, -0.2) is 4.98 Å². The van der Waals surface area contributed by atoms with Crippen LogP contribution in [-0.2, 0) is 0 Å². The topological polar surface area (TPSA) is 37.8 Å². The van der Waals surface area contributed by atoms with E-state index in [1.54, 1.807) is 18.6 Å². The molecule has 0 radical (unpaired) electrons. The molecule has 1 rings (SSSR count). The average molecular weight is 163 g/mol. The zero-order valence-corrected chi connectivity index (χ0v) is 7.41. The van der Waals surface area contributed by atoms with Crippen molar-refractivity contribution in [2.24, 2.45) is 0 Å². The SMILES string of the molecule is CC(C)=CCNc1cnccn1. The van der Waals surface area contributed by atoms with Gasteiger partial charge in [-0.2, -0.15) is 0 Å². The van der Waals surface area contributed by atoms with E-state index in [4.69, 9.17) is 0 Å². The van der Waals surface area contributed by atoms with E-state index in [0.717, 1.165) is 12.4 Å². The van der Waals surface area contributed by atoms with Gasteiger partial charge >= 0.3 is 0 Å². The highest BCUT2D eigenvalue weighted by atomic mass is 15.0. The summed E-state index contributed by atoms with van der Waals surface area (Å²) in [7, 11) is 0. The van der Waals surface area contributed by atoms with Crippen molar-refractivity contribution in [2.75, 3.05) is 11.9 Å². The highest BCUT2D eigenvalue weighted by molar-refractivity contribution is 5.30. The molecule has 0 fully saturated rings. The largest absolute Gasteiger partial charge is 0.365 e. The molecule has 64 valence electrons. The smallest absolute Gasteiger partial charge is 0.144 e. The number of nitrogens with zero attached hydrogens (tertiary/aromatic N) is 2. The van der Waals surface area contributed by atoms with E-state index in [0.29, 0.717) is 0 Å². The van der Waals surface area contributed by atoms with Crippen LogP contribution in [0.2, 0.25) is 0 Å². The lowest BCUT2D eigenvalue weighted by molar-refractivity contribution is 1.15. The number of nitrogens with one attached hydrogen (secondary N) is 1. The minimum atomic E-state index is 0.807. The van der Waals surface area contributed by atoms with Crippen LogP contribution in [-0.4, -0.2) is 16.5 Å². The Bertz CT molecular complexity index is 250. The second kappa shape index (κ2) is 4.49. The summed E-state index contributed by atoms with van der Waals surface area (Å²) in [6.07, 6.45) is 7.14. The molecule has 1 N–H and O–H groups in total. The van der Waals surface area contributed by atoms with Gasteiger partial charge in [0.15, 0.2) is 0 Å². The van der Waals surface area contributed by atoms with Crippen LogP contribution in [0.15, 0.2) is 30.2 Å². The lowest BCUT2D eigenvalue weighted by atomic mass is 10.3. The van der Waals surface area contributed by atoms with E-state index < -0.39 is 0 Å². The number of allylic oxidation sites excluding steroid dienone is 1. The Morgan fingerprint density at radius 2 is 2.33 bits per heavy atom. The molecule has 0 atom stereocenters. The zero-order chi connectivity index (χ0) is 8.81. The zero-order valence-electron chi connectivity index (χ0n) is 7.41. The number of hydrogen-bond acceptors (Lipinski definition) is 3. The van der Waals surface area contributed by atoms with Crippen LogP contribution < -0.4 is 5.32 Å². The van der Waals surface area contributed by atoms with Crippen LogP contribution in [0, 0.1) is 0 Å². The third-order valence-electron chi connectivity index (χ3n) is 1.36. The molecule has 0 saturated carbocycles. The predicted molar refractivity (Wildman–Crippen MR) is 50.0 cm³/mol. The molecule has 1 aromatic heterocycles. The lowest BCUT2D eigenvalue weighted by Gasteiger charge is -1.99. The van der Waals surface area contributed by atoms with Crippen LogP contribution in [0.25, 0.3) is 0 Å². The maximum Gasteiger partial charge on any atom is 0.144 e. The summed E-state index contributed by atoms with van der Waals surface area (Å²) in [6, 6.07) is 0. The summed E-state index contributed by atoms with van der Waals surface area (Å²) in [5.74, 6) is 0.815. The van der Waals surface area contributed by atoms with Crippen molar-refractivity contribution in [2.45, 2.75) is 13.8 Å². The summed E-state index contributed by atoms with van der Waals surface area (Å²) in [6.45, 7) is 4.94. The molecular formula is C9H13N3. The fraction of sp³-hybridized carbons (Fsp3) is 0.333. The first-order valence-corrected chi connectivity index (χ1v) is 3.92. The van der Waals surface area contributed by atoms with Gasteiger partial charge in [0.2, 0.25) is 0 Å². The first kappa shape index (κ1) is 8.71. The highest BCUT2D eigenvalue weighted by Gasteiger charge is 1.87. The van der Waals surface area contributed by atoms with Crippen LogP contribution in [0.3, 0.4) is 0 Å². The van der Waals surface area contributed by atoms with Crippen molar-refractivity contribution in [3.63, 3.8) is 0 Å². The third kappa shape index (κ3) is 3.14. The van der Waals surface area contributed by atoms with Gasteiger partial charge in [-0.15, -0.1) is 0 Å². The lowest BCUT2D eigenvalue weighted by Crippen LogP contribution is -2.00. The maximum absolute atomic E-state index is 4.07. The number of anilines is 1. The van der Waals surface area contributed by atoms with Crippen molar-refractivity contribution >= 4 is 5.82 Å².